The van der Waals surface area contributed by atoms with Gasteiger partial charge in [-0.1, -0.05) is 107 Å². The summed E-state index contributed by atoms with van der Waals surface area (Å²) in [5.41, 5.74) is 16.6. The Morgan fingerprint density at radius 1 is 0.651 bits per heavy atom. The number of pyridine rings is 2. The molecule has 314 valence electrons. The van der Waals surface area contributed by atoms with Crippen molar-refractivity contribution < 1.29 is 25.8 Å². The van der Waals surface area contributed by atoms with Crippen molar-refractivity contribution >= 4 is 44.6 Å². The van der Waals surface area contributed by atoms with Crippen molar-refractivity contribution in [2.75, 3.05) is 9.80 Å². The number of nitrogens with zero attached hydrogens (tertiary/aromatic N) is 5. The van der Waals surface area contributed by atoms with Crippen LogP contribution in [-0.2, 0) is 31.9 Å². The van der Waals surface area contributed by atoms with Gasteiger partial charge in [-0.3, -0.25) is 4.98 Å². The average Bonchev–Trinajstić information content (AvgIpc) is 3.88. The fourth-order valence-corrected chi connectivity index (χ4v) is 9.66. The number of benzene rings is 6. The molecule has 6 aromatic carbocycles. The van der Waals surface area contributed by atoms with Crippen molar-refractivity contribution in [1.29, 1.82) is 0 Å². The molecule has 0 saturated carbocycles. The van der Waals surface area contributed by atoms with E-state index in [2.05, 4.69) is 203 Å². The first kappa shape index (κ1) is 40.6. The maximum absolute atomic E-state index is 6.67. The summed E-state index contributed by atoms with van der Waals surface area (Å²) < 4.78 is 8.86. The number of ether oxygens (including phenoxy) is 1. The van der Waals surface area contributed by atoms with Gasteiger partial charge in [0.1, 0.15) is 5.82 Å². The molecule has 0 bridgehead atoms. The van der Waals surface area contributed by atoms with Crippen LogP contribution in [0, 0.1) is 32.6 Å². The average molecular weight is 1000 g/mol. The summed E-state index contributed by atoms with van der Waals surface area (Å²) in [5.74, 6) is 2.05. The number of rotatable bonds is 6. The van der Waals surface area contributed by atoms with Crippen LogP contribution >= 0.6 is 0 Å². The summed E-state index contributed by atoms with van der Waals surface area (Å²) >= 11 is 0. The first-order valence-corrected chi connectivity index (χ1v) is 21.3. The second-order valence-corrected chi connectivity index (χ2v) is 18.1. The smallest absolute Gasteiger partial charge is 0.135 e. The third-order valence-electron chi connectivity index (χ3n) is 12.6. The molecule has 0 saturated heterocycles. The zero-order chi connectivity index (χ0) is 42.5. The van der Waals surface area contributed by atoms with Crippen LogP contribution in [0.15, 0.2) is 146 Å². The van der Waals surface area contributed by atoms with Gasteiger partial charge in [-0.25, -0.2) is 4.98 Å². The molecule has 0 spiro atoms. The van der Waals surface area contributed by atoms with E-state index in [0.717, 1.165) is 72.9 Å². The molecule has 6 nitrogen and oxygen atoms in total. The van der Waals surface area contributed by atoms with E-state index in [1.807, 2.05) is 24.4 Å². The zero-order valence-electron chi connectivity index (χ0n) is 36.4. The third kappa shape index (κ3) is 6.66. The summed E-state index contributed by atoms with van der Waals surface area (Å²) in [6.45, 7) is 17.7. The molecular weight excluding hydrogens is 954 g/mol. The Morgan fingerprint density at radius 2 is 1.37 bits per heavy atom. The van der Waals surface area contributed by atoms with Gasteiger partial charge in [0.25, 0.3) is 0 Å². The van der Waals surface area contributed by atoms with Crippen molar-refractivity contribution in [3.8, 4) is 39.6 Å². The van der Waals surface area contributed by atoms with Gasteiger partial charge in [0.2, 0.25) is 0 Å². The van der Waals surface area contributed by atoms with E-state index in [1.165, 1.54) is 27.8 Å². The predicted octanol–water partition coefficient (Wildman–Crippen LogP) is 14.3. The van der Waals surface area contributed by atoms with Gasteiger partial charge in [0.05, 0.1) is 0 Å². The molecule has 1 aliphatic heterocycles. The first-order chi connectivity index (χ1) is 29.9. The van der Waals surface area contributed by atoms with Crippen molar-refractivity contribution in [3.05, 3.63) is 193 Å². The largest absolute Gasteiger partial charge is 0.509 e. The number of anilines is 4. The van der Waals surface area contributed by atoms with Crippen LogP contribution in [0.2, 0.25) is 0 Å². The minimum absolute atomic E-state index is 0. The quantitative estimate of drug-likeness (QED) is 0.155. The Hall–Kier alpha value is -6.49. The summed E-state index contributed by atoms with van der Waals surface area (Å²) in [6, 6.07) is 56.7. The molecule has 1 aliphatic carbocycles. The summed E-state index contributed by atoms with van der Waals surface area (Å²) in [4.78, 5) is 14.2. The van der Waals surface area contributed by atoms with Crippen molar-refractivity contribution in [2.45, 2.75) is 59.3 Å². The predicted molar refractivity (Wildman–Crippen MR) is 253 cm³/mol. The minimum Gasteiger partial charge on any atom is -0.509 e. The Balaban J connectivity index is 0.00000471. The molecule has 0 unspecified atom stereocenters. The van der Waals surface area contributed by atoms with Crippen molar-refractivity contribution in [3.63, 3.8) is 0 Å². The second kappa shape index (κ2) is 15.1. The Kier molecular flexibility index (Phi) is 9.72. The zero-order valence-corrected chi connectivity index (χ0v) is 38.7. The Bertz CT molecular complexity index is 3250. The molecule has 7 heteroatoms. The van der Waals surface area contributed by atoms with Crippen LogP contribution < -0.4 is 14.5 Å². The monoisotopic (exact) mass is 999 g/mol. The first-order valence-electron chi connectivity index (χ1n) is 21.3. The molecule has 2 aliphatic rings. The molecule has 11 rings (SSSR count). The number of para-hydroxylation sites is 3. The van der Waals surface area contributed by atoms with Crippen LogP contribution in [0.4, 0.5) is 22.7 Å². The van der Waals surface area contributed by atoms with E-state index in [1.54, 1.807) is 0 Å². The van der Waals surface area contributed by atoms with Gasteiger partial charge in [0.15, 0.2) is 0 Å². The third-order valence-corrected chi connectivity index (χ3v) is 12.6. The van der Waals surface area contributed by atoms with E-state index < -0.39 is 0 Å². The van der Waals surface area contributed by atoms with E-state index in [4.69, 9.17) is 14.7 Å². The maximum atomic E-state index is 6.67. The van der Waals surface area contributed by atoms with Gasteiger partial charge in [0, 0.05) is 89.3 Å². The number of hydrogen-bond acceptors (Lipinski definition) is 5. The summed E-state index contributed by atoms with van der Waals surface area (Å²) in [7, 11) is 0. The number of aryl methyl sites for hydroxylation is 2. The van der Waals surface area contributed by atoms with Gasteiger partial charge in [-0.05, 0) is 94.9 Å². The number of aromatic nitrogens is 3. The summed E-state index contributed by atoms with van der Waals surface area (Å²) in [5, 5.41) is 2.23. The van der Waals surface area contributed by atoms with Gasteiger partial charge < -0.3 is 19.1 Å². The standard InChI is InChI=1S/C56H46N5O.Pt/c1-35-29-37(30-36(2)58-35)42-25-26-47-53(45-18-8-10-19-46(45)56(47,6)7)54(42)60-34-59(49-21-12-13-22-50(49)60)39-15-14-16-40(32-39)62-41-23-24-44-43-17-9-11-20-48(43)61(51(44)33-41)52-31-38(27-28-57-52)55(3,4)5;/h8-31,34H,1-7H3;/q-3;. The van der Waals surface area contributed by atoms with Crippen LogP contribution in [0.3, 0.4) is 0 Å². The van der Waals surface area contributed by atoms with E-state index in [0.29, 0.717) is 11.5 Å². The Morgan fingerprint density at radius 3 is 2.16 bits per heavy atom. The SMILES string of the molecule is Cc1cc(-c2ccc3c(c2N2[CH-]N(c4[c-]c(Oc5[c-]c6c(cc5)c5ccccc5n6-c5cc(C(C)(C)C)ccn5)ccc4)c4ccccc42)-c2ccccc2C3(C)C)cc(C)n1.[Pt]. The van der Waals surface area contributed by atoms with Crippen molar-refractivity contribution in [2.24, 2.45) is 0 Å². The number of fused-ring (bicyclic) bond motifs is 7. The minimum atomic E-state index is -0.164. The Labute approximate surface area is 384 Å². The topological polar surface area (TPSA) is 46.4 Å². The molecule has 4 heterocycles. The fourth-order valence-electron chi connectivity index (χ4n) is 9.66. The molecular formula is C56H46N5OPt-3. The molecule has 0 amide bonds. The van der Waals surface area contributed by atoms with Crippen LogP contribution in [0.5, 0.6) is 11.5 Å². The molecule has 0 radical (unpaired) electrons. The van der Waals surface area contributed by atoms with Gasteiger partial charge in [-0.15, -0.1) is 48.1 Å². The molecule has 9 aromatic rings. The molecule has 0 fully saturated rings. The maximum Gasteiger partial charge on any atom is 0.135 e. The normalized spacial score (nSPS) is 13.8. The van der Waals surface area contributed by atoms with Crippen LogP contribution in [0.25, 0.3) is 49.9 Å². The van der Waals surface area contributed by atoms with Gasteiger partial charge in [-0.2, -0.15) is 12.1 Å². The van der Waals surface area contributed by atoms with E-state index in [9.17, 15) is 0 Å². The fraction of sp³-hybridized carbons (Fsp3) is 0.161. The summed E-state index contributed by atoms with van der Waals surface area (Å²) in [6.07, 6.45) is 1.90. The van der Waals surface area contributed by atoms with E-state index in [-0.39, 0.29) is 31.9 Å². The van der Waals surface area contributed by atoms with Crippen LogP contribution in [0.1, 0.15) is 62.7 Å². The van der Waals surface area contributed by atoms with Crippen molar-refractivity contribution in [1.82, 2.24) is 14.5 Å². The molecule has 0 N–H and O–H groups in total. The van der Waals surface area contributed by atoms with Crippen LogP contribution in [-0.4, -0.2) is 14.5 Å². The second-order valence-electron chi connectivity index (χ2n) is 18.1. The van der Waals surface area contributed by atoms with Gasteiger partial charge >= 0.3 is 0 Å². The molecule has 63 heavy (non-hydrogen) atoms. The molecule has 3 aromatic heterocycles. The number of hydrogen-bond donors (Lipinski definition) is 0. The van der Waals surface area contributed by atoms with E-state index >= 15 is 0 Å². The molecule has 0 atom stereocenters.